The largest absolute Gasteiger partial charge is 0.465 e. The molecule has 1 aliphatic heterocycles. The van der Waals surface area contributed by atoms with E-state index in [1.54, 1.807) is 18.2 Å². The number of hydrogen-bond acceptors (Lipinski definition) is 6. The molecule has 0 spiro atoms. The maximum absolute atomic E-state index is 12.8. The highest BCUT2D eigenvalue weighted by atomic mass is 32.2. The van der Waals surface area contributed by atoms with Crippen LogP contribution in [-0.2, 0) is 14.8 Å². The van der Waals surface area contributed by atoms with E-state index in [-0.39, 0.29) is 9.77 Å². The number of methoxy groups -OCH3 is 1. The number of rotatable bonds is 6. The third-order valence-electron chi connectivity index (χ3n) is 4.20. The molecule has 1 aromatic heterocycles. The summed E-state index contributed by atoms with van der Waals surface area (Å²) >= 11 is 1.14. The first-order chi connectivity index (χ1) is 11.5. The molecule has 1 atom stereocenters. The van der Waals surface area contributed by atoms with Gasteiger partial charge in [0.05, 0.1) is 7.11 Å². The predicted molar refractivity (Wildman–Crippen MR) is 93.9 cm³/mol. The van der Waals surface area contributed by atoms with Crippen molar-refractivity contribution in [2.45, 2.75) is 17.7 Å². The highest BCUT2D eigenvalue weighted by Crippen LogP contribution is 2.35. The van der Waals surface area contributed by atoms with Crippen molar-refractivity contribution in [1.82, 2.24) is 10.0 Å². The number of thiophene rings is 1. The van der Waals surface area contributed by atoms with Crippen LogP contribution >= 0.6 is 11.3 Å². The summed E-state index contributed by atoms with van der Waals surface area (Å²) in [6.07, 6.45) is 1.85. The summed E-state index contributed by atoms with van der Waals surface area (Å²) in [5.74, 6) is -0.136. The molecule has 24 heavy (non-hydrogen) atoms. The van der Waals surface area contributed by atoms with Crippen molar-refractivity contribution in [2.75, 3.05) is 26.7 Å². The molecule has 0 amide bonds. The van der Waals surface area contributed by atoms with Crippen molar-refractivity contribution in [3.8, 4) is 0 Å². The van der Waals surface area contributed by atoms with E-state index in [1.807, 2.05) is 6.07 Å². The number of sulfonamides is 1. The number of benzene rings is 1. The fraction of sp³-hybridized carbons (Fsp3) is 0.438. The summed E-state index contributed by atoms with van der Waals surface area (Å²) in [5.41, 5.74) is 0. The lowest BCUT2D eigenvalue weighted by Gasteiger charge is -2.10. The van der Waals surface area contributed by atoms with Crippen LogP contribution in [0.25, 0.3) is 10.1 Å². The predicted octanol–water partition coefficient (Wildman–Crippen LogP) is 1.97. The van der Waals surface area contributed by atoms with Crippen LogP contribution in [0.5, 0.6) is 0 Å². The van der Waals surface area contributed by atoms with Crippen molar-refractivity contribution in [3.05, 3.63) is 29.1 Å². The smallest absolute Gasteiger partial charge is 0.349 e. The van der Waals surface area contributed by atoms with Gasteiger partial charge in [-0.1, -0.05) is 18.2 Å². The molecule has 0 saturated carbocycles. The monoisotopic (exact) mass is 368 g/mol. The molecule has 1 fully saturated rings. The number of fused-ring (bicyclic) bond motifs is 1. The lowest BCUT2D eigenvalue weighted by Crippen LogP contribution is -2.27. The number of nitrogens with one attached hydrogen (secondary N) is 2. The third-order valence-corrected chi connectivity index (χ3v) is 7.02. The van der Waals surface area contributed by atoms with Crippen molar-refractivity contribution >= 4 is 37.4 Å². The van der Waals surface area contributed by atoms with E-state index in [2.05, 4.69) is 10.0 Å². The second-order valence-corrected chi connectivity index (χ2v) is 8.55. The molecule has 130 valence electrons. The van der Waals surface area contributed by atoms with Crippen LogP contribution in [0.2, 0.25) is 0 Å². The van der Waals surface area contributed by atoms with Gasteiger partial charge in [-0.15, -0.1) is 11.3 Å². The van der Waals surface area contributed by atoms with E-state index < -0.39 is 16.0 Å². The van der Waals surface area contributed by atoms with Crippen LogP contribution < -0.4 is 10.0 Å². The number of carbonyl (C=O) groups excluding carboxylic acids is 1. The summed E-state index contributed by atoms with van der Waals surface area (Å²) in [6, 6.07) is 7.10. The second-order valence-electron chi connectivity index (χ2n) is 5.79. The van der Waals surface area contributed by atoms with Gasteiger partial charge < -0.3 is 10.1 Å². The summed E-state index contributed by atoms with van der Waals surface area (Å²) < 4.78 is 33.7. The first-order valence-electron chi connectivity index (χ1n) is 7.83. The van der Waals surface area contributed by atoms with Crippen molar-refractivity contribution in [1.29, 1.82) is 0 Å². The van der Waals surface area contributed by atoms with Gasteiger partial charge in [0.15, 0.2) is 0 Å². The first-order valence-corrected chi connectivity index (χ1v) is 10.1. The third kappa shape index (κ3) is 3.46. The van der Waals surface area contributed by atoms with Gasteiger partial charge in [0.25, 0.3) is 0 Å². The number of esters is 1. The van der Waals surface area contributed by atoms with Crippen molar-refractivity contribution in [2.24, 2.45) is 5.92 Å². The molecule has 0 aliphatic carbocycles. The van der Waals surface area contributed by atoms with Crippen LogP contribution in [0.15, 0.2) is 29.2 Å². The second kappa shape index (κ2) is 7.18. The summed E-state index contributed by atoms with van der Waals surface area (Å²) in [5, 5.41) is 3.82. The van der Waals surface area contributed by atoms with E-state index in [1.165, 1.54) is 7.11 Å². The Bertz CT molecular complexity index is 839. The molecule has 2 aromatic rings. The van der Waals surface area contributed by atoms with Crippen LogP contribution in [0.3, 0.4) is 0 Å². The topological polar surface area (TPSA) is 84.5 Å². The van der Waals surface area contributed by atoms with Gasteiger partial charge >= 0.3 is 5.97 Å². The molecule has 1 aromatic carbocycles. The summed E-state index contributed by atoms with van der Waals surface area (Å²) in [7, 11) is -2.53. The van der Waals surface area contributed by atoms with E-state index in [0.717, 1.165) is 42.0 Å². The first kappa shape index (κ1) is 17.3. The van der Waals surface area contributed by atoms with E-state index in [4.69, 9.17) is 4.74 Å². The average molecular weight is 368 g/mol. The lowest BCUT2D eigenvalue weighted by molar-refractivity contribution is 0.0602. The highest BCUT2D eigenvalue weighted by molar-refractivity contribution is 7.90. The Hall–Kier alpha value is -1.48. The van der Waals surface area contributed by atoms with Gasteiger partial charge in [0.1, 0.15) is 9.77 Å². The normalized spacial score (nSPS) is 18.1. The zero-order chi connectivity index (χ0) is 17.2. The Morgan fingerprint density at radius 3 is 2.92 bits per heavy atom. The van der Waals surface area contributed by atoms with Gasteiger partial charge in [0, 0.05) is 16.6 Å². The minimum Gasteiger partial charge on any atom is -0.465 e. The van der Waals surface area contributed by atoms with Gasteiger partial charge in [0.2, 0.25) is 10.0 Å². The molecule has 8 heteroatoms. The molecule has 0 radical (unpaired) electrons. The maximum atomic E-state index is 12.8. The van der Waals surface area contributed by atoms with Gasteiger partial charge in [-0.3, -0.25) is 0 Å². The maximum Gasteiger partial charge on any atom is 0.349 e. The van der Waals surface area contributed by atoms with Crippen LogP contribution in [0.4, 0.5) is 0 Å². The van der Waals surface area contributed by atoms with E-state index in [0.29, 0.717) is 17.8 Å². The minimum atomic E-state index is -3.78. The van der Waals surface area contributed by atoms with Gasteiger partial charge in [-0.05, 0) is 37.9 Å². The van der Waals surface area contributed by atoms with Crippen LogP contribution in [-0.4, -0.2) is 41.1 Å². The quantitative estimate of drug-likeness (QED) is 0.762. The fourth-order valence-corrected chi connectivity index (χ4v) is 5.81. The molecular formula is C16H20N2O4S2. The number of ether oxygens (including phenoxy) is 1. The molecule has 1 unspecified atom stereocenters. The minimum absolute atomic E-state index is 0.0273. The summed E-state index contributed by atoms with van der Waals surface area (Å²) in [6.45, 7) is 2.27. The summed E-state index contributed by atoms with van der Waals surface area (Å²) in [4.78, 5) is 12.2. The number of hydrogen-bond donors (Lipinski definition) is 2. The molecule has 1 aliphatic rings. The highest BCUT2D eigenvalue weighted by Gasteiger charge is 2.28. The molecule has 6 nitrogen and oxygen atoms in total. The average Bonchev–Trinajstić information content (AvgIpc) is 3.21. The Kier molecular flexibility index (Phi) is 5.19. The molecule has 1 saturated heterocycles. The molecule has 2 heterocycles. The van der Waals surface area contributed by atoms with Crippen LogP contribution in [0, 0.1) is 5.92 Å². The Morgan fingerprint density at radius 2 is 2.21 bits per heavy atom. The zero-order valence-corrected chi connectivity index (χ0v) is 15.0. The van der Waals surface area contributed by atoms with Crippen molar-refractivity contribution in [3.63, 3.8) is 0 Å². The standard InChI is InChI=1S/C16H20N2O4S2/c1-22-16(19)14-15(12-4-2-3-5-13(12)23-14)24(20,21)18-9-7-11-6-8-17-10-11/h2-5,11,17-18H,6-10H2,1H3. The lowest BCUT2D eigenvalue weighted by atomic mass is 10.1. The SMILES string of the molecule is COC(=O)c1sc2ccccc2c1S(=O)(=O)NCCC1CCNC1. The van der Waals surface area contributed by atoms with Crippen molar-refractivity contribution < 1.29 is 17.9 Å². The van der Waals surface area contributed by atoms with Gasteiger partial charge in [-0.25, -0.2) is 17.9 Å². The van der Waals surface area contributed by atoms with E-state index in [9.17, 15) is 13.2 Å². The van der Waals surface area contributed by atoms with Crippen LogP contribution in [0.1, 0.15) is 22.5 Å². The Morgan fingerprint density at radius 1 is 1.42 bits per heavy atom. The zero-order valence-electron chi connectivity index (χ0n) is 13.4. The molecule has 0 bridgehead atoms. The molecular weight excluding hydrogens is 348 g/mol. The molecule has 2 N–H and O–H groups in total. The van der Waals surface area contributed by atoms with Gasteiger partial charge in [-0.2, -0.15) is 0 Å². The Labute approximate surface area is 145 Å². The fourth-order valence-electron chi connectivity index (χ4n) is 2.95. The Balaban J connectivity index is 1.89. The van der Waals surface area contributed by atoms with E-state index >= 15 is 0 Å². The molecule has 3 rings (SSSR count). The number of carbonyl (C=O) groups is 1.